The van der Waals surface area contributed by atoms with Crippen LogP contribution in [-0.2, 0) is 0 Å². The molecule has 0 bridgehead atoms. The summed E-state index contributed by atoms with van der Waals surface area (Å²) in [5.74, 6) is -2.35. The van der Waals surface area contributed by atoms with Gasteiger partial charge < -0.3 is 4.74 Å². The molecule has 5 nitrogen and oxygen atoms in total. The molecule has 0 unspecified atom stereocenters. The molecule has 1 aromatic rings. The van der Waals surface area contributed by atoms with Gasteiger partial charge in [0.1, 0.15) is 6.20 Å². The predicted octanol–water partition coefficient (Wildman–Crippen LogP) is 2.08. The Bertz CT molecular complexity index is 397. The van der Waals surface area contributed by atoms with E-state index in [9.17, 15) is 23.3 Å². The fraction of sp³-hybridized carbons (Fsp3) is 0.286. The molecule has 0 atom stereocenters. The first-order valence-corrected chi connectivity index (χ1v) is 3.64. The molecule has 8 heteroatoms. The van der Waals surface area contributed by atoms with E-state index < -0.39 is 34.3 Å². The van der Waals surface area contributed by atoms with Crippen LogP contribution in [0.5, 0.6) is 5.75 Å². The molecule has 0 N–H and O–H groups in total. The Hall–Kier alpha value is -1.86. The zero-order valence-electron chi connectivity index (χ0n) is 7.41. The minimum Gasteiger partial charge on any atom is -0.491 e. The molecule has 0 aromatic carbocycles. The second kappa shape index (κ2) is 4.11. The number of alkyl halides is 2. The van der Waals surface area contributed by atoms with Gasteiger partial charge in [0.05, 0.1) is 12.0 Å². The van der Waals surface area contributed by atoms with Gasteiger partial charge in [-0.25, -0.2) is 13.8 Å². The normalized spacial score (nSPS) is 10.5. The lowest BCUT2D eigenvalue weighted by molar-refractivity contribution is -0.388. The van der Waals surface area contributed by atoms with E-state index in [1.54, 1.807) is 0 Å². The molecule has 15 heavy (non-hydrogen) atoms. The first-order valence-electron chi connectivity index (χ1n) is 3.64. The summed E-state index contributed by atoms with van der Waals surface area (Å²) >= 11 is 0. The minimum absolute atomic E-state index is 0.430. The molecule has 1 aromatic heterocycles. The number of halogens is 3. The molecule has 1 heterocycles. The number of nitrogens with zero attached hydrogens (tertiary/aromatic N) is 2. The summed E-state index contributed by atoms with van der Waals surface area (Å²) in [5, 5.41) is 10.3. The Morgan fingerprint density at radius 3 is 2.60 bits per heavy atom. The molecule has 0 amide bonds. The van der Waals surface area contributed by atoms with Crippen molar-refractivity contribution in [3.63, 3.8) is 0 Å². The van der Waals surface area contributed by atoms with Gasteiger partial charge in [-0.3, -0.25) is 10.1 Å². The van der Waals surface area contributed by atoms with Crippen molar-refractivity contribution in [2.75, 3.05) is 7.11 Å². The van der Waals surface area contributed by atoms with E-state index in [0.29, 0.717) is 6.20 Å². The Kier molecular flexibility index (Phi) is 3.08. The highest BCUT2D eigenvalue weighted by Crippen LogP contribution is 2.33. The maximum atomic E-state index is 13.2. The number of aromatic nitrogens is 1. The average molecular weight is 222 g/mol. The Morgan fingerprint density at radius 1 is 1.60 bits per heavy atom. The molecule has 1 rings (SSSR count). The largest absolute Gasteiger partial charge is 0.491 e. The van der Waals surface area contributed by atoms with Gasteiger partial charge in [-0.15, -0.1) is 0 Å². The highest BCUT2D eigenvalue weighted by Gasteiger charge is 2.27. The lowest BCUT2D eigenvalue weighted by Gasteiger charge is -2.06. The zero-order valence-corrected chi connectivity index (χ0v) is 7.41. The standard InChI is InChI=1S/C7H5F3N2O3/c1-15-6-4(8)3(12(13)14)2-11-5(6)7(9)10/h2,7H,1H3. The summed E-state index contributed by atoms with van der Waals surface area (Å²) in [7, 11) is 0.926. The van der Waals surface area contributed by atoms with E-state index in [-0.39, 0.29) is 0 Å². The number of methoxy groups -OCH3 is 1. The van der Waals surface area contributed by atoms with Gasteiger partial charge in [0, 0.05) is 0 Å². The van der Waals surface area contributed by atoms with Crippen LogP contribution in [0.25, 0.3) is 0 Å². The van der Waals surface area contributed by atoms with E-state index in [2.05, 4.69) is 9.72 Å². The fourth-order valence-electron chi connectivity index (χ4n) is 0.952. The van der Waals surface area contributed by atoms with Crippen molar-refractivity contribution in [3.8, 4) is 5.75 Å². The van der Waals surface area contributed by atoms with Crippen LogP contribution < -0.4 is 4.74 Å². The quantitative estimate of drug-likeness (QED) is 0.580. The van der Waals surface area contributed by atoms with Crippen molar-refractivity contribution in [2.24, 2.45) is 0 Å². The average Bonchev–Trinajstić information content (AvgIpc) is 2.16. The molecule has 0 aliphatic rings. The predicted molar refractivity (Wildman–Crippen MR) is 42.4 cm³/mol. The maximum Gasteiger partial charge on any atom is 0.326 e. The van der Waals surface area contributed by atoms with Crippen molar-refractivity contribution in [2.45, 2.75) is 6.43 Å². The van der Waals surface area contributed by atoms with E-state index in [4.69, 9.17) is 0 Å². The molecule has 0 saturated carbocycles. The number of ether oxygens (including phenoxy) is 1. The van der Waals surface area contributed by atoms with Crippen molar-refractivity contribution in [1.29, 1.82) is 0 Å². The third-order valence-corrected chi connectivity index (χ3v) is 1.59. The molecule has 0 aliphatic heterocycles. The van der Waals surface area contributed by atoms with Crippen LogP contribution in [0.15, 0.2) is 6.20 Å². The van der Waals surface area contributed by atoms with E-state index in [1.165, 1.54) is 0 Å². The van der Waals surface area contributed by atoms with E-state index >= 15 is 0 Å². The van der Waals surface area contributed by atoms with Gasteiger partial charge in [-0.1, -0.05) is 0 Å². The molecular formula is C7H5F3N2O3. The van der Waals surface area contributed by atoms with Crippen molar-refractivity contribution < 1.29 is 22.8 Å². The summed E-state index contributed by atoms with van der Waals surface area (Å²) < 4.78 is 42.0. The van der Waals surface area contributed by atoms with Crippen molar-refractivity contribution >= 4 is 5.69 Å². The Morgan fingerprint density at radius 2 is 2.20 bits per heavy atom. The third kappa shape index (κ3) is 1.97. The topological polar surface area (TPSA) is 65.3 Å². The second-order valence-corrected chi connectivity index (χ2v) is 2.43. The summed E-state index contributed by atoms with van der Waals surface area (Å²) in [6.07, 6.45) is -2.63. The molecule has 82 valence electrons. The number of pyridine rings is 1. The van der Waals surface area contributed by atoms with E-state index in [0.717, 1.165) is 7.11 Å². The summed E-state index contributed by atoms with van der Waals surface area (Å²) in [6, 6.07) is 0. The first kappa shape index (κ1) is 11.2. The van der Waals surface area contributed by atoms with Crippen LogP contribution in [0.2, 0.25) is 0 Å². The van der Waals surface area contributed by atoms with Crippen LogP contribution in [0.3, 0.4) is 0 Å². The molecule has 0 radical (unpaired) electrons. The summed E-state index contributed by atoms with van der Waals surface area (Å²) in [4.78, 5) is 12.3. The SMILES string of the molecule is COc1c(C(F)F)ncc([N+](=O)[O-])c1F. The van der Waals surface area contributed by atoms with Gasteiger partial charge in [0.25, 0.3) is 6.43 Å². The Balaban J connectivity index is 3.39. The number of nitro groups is 1. The molecule has 0 aliphatic carbocycles. The van der Waals surface area contributed by atoms with Gasteiger partial charge in [0.2, 0.25) is 5.82 Å². The van der Waals surface area contributed by atoms with Crippen LogP contribution in [0.4, 0.5) is 18.9 Å². The summed E-state index contributed by atoms with van der Waals surface area (Å²) in [5.41, 5.74) is -1.96. The highest BCUT2D eigenvalue weighted by atomic mass is 19.3. The first-order chi connectivity index (χ1) is 6.99. The molecular weight excluding hydrogens is 217 g/mol. The van der Waals surface area contributed by atoms with Gasteiger partial charge in [0.15, 0.2) is 11.4 Å². The van der Waals surface area contributed by atoms with Crippen LogP contribution in [0, 0.1) is 15.9 Å². The molecule has 0 saturated heterocycles. The van der Waals surface area contributed by atoms with Gasteiger partial charge in [-0.2, -0.15) is 4.39 Å². The highest BCUT2D eigenvalue weighted by molar-refractivity contribution is 5.41. The van der Waals surface area contributed by atoms with Crippen LogP contribution in [-0.4, -0.2) is 17.0 Å². The lowest BCUT2D eigenvalue weighted by Crippen LogP contribution is -2.03. The fourth-order valence-corrected chi connectivity index (χ4v) is 0.952. The second-order valence-electron chi connectivity index (χ2n) is 2.43. The van der Waals surface area contributed by atoms with Crippen molar-refractivity contribution in [1.82, 2.24) is 4.98 Å². The molecule has 0 spiro atoms. The van der Waals surface area contributed by atoms with Gasteiger partial charge in [-0.05, 0) is 0 Å². The van der Waals surface area contributed by atoms with Crippen LogP contribution >= 0.6 is 0 Å². The van der Waals surface area contributed by atoms with E-state index in [1.807, 2.05) is 0 Å². The Labute approximate surface area is 81.6 Å². The van der Waals surface area contributed by atoms with Crippen LogP contribution in [0.1, 0.15) is 12.1 Å². The summed E-state index contributed by atoms with van der Waals surface area (Å²) in [6.45, 7) is 0. The third-order valence-electron chi connectivity index (χ3n) is 1.59. The smallest absolute Gasteiger partial charge is 0.326 e. The number of rotatable bonds is 3. The number of hydrogen-bond acceptors (Lipinski definition) is 4. The minimum atomic E-state index is -3.06. The van der Waals surface area contributed by atoms with Crippen molar-refractivity contribution in [3.05, 3.63) is 27.8 Å². The molecule has 0 fully saturated rings. The van der Waals surface area contributed by atoms with Gasteiger partial charge >= 0.3 is 5.69 Å². The monoisotopic (exact) mass is 222 g/mol. The zero-order chi connectivity index (χ0) is 11.6. The lowest BCUT2D eigenvalue weighted by atomic mass is 10.3. The number of hydrogen-bond donors (Lipinski definition) is 0. The maximum absolute atomic E-state index is 13.2.